The van der Waals surface area contributed by atoms with Gasteiger partial charge in [0.15, 0.2) is 0 Å². The summed E-state index contributed by atoms with van der Waals surface area (Å²) in [4.78, 5) is 0. The summed E-state index contributed by atoms with van der Waals surface area (Å²) in [5.41, 5.74) is 0.0948. The van der Waals surface area contributed by atoms with Crippen LogP contribution in [-0.2, 0) is 0 Å². The third-order valence-corrected chi connectivity index (χ3v) is 3.52. The molecule has 0 radical (unpaired) electrons. The minimum absolute atomic E-state index is 0.0948. The summed E-state index contributed by atoms with van der Waals surface area (Å²) in [6, 6.07) is 0.525. The highest BCUT2D eigenvalue weighted by Crippen LogP contribution is 2.18. The highest BCUT2D eigenvalue weighted by molar-refractivity contribution is 4.85. The summed E-state index contributed by atoms with van der Waals surface area (Å²) in [5.74, 6) is 0.694. The van der Waals surface area contributed by atoms with Crippen molar-refractivity contribution in [1.82, 2.24) is 5.32 Å². The van der Waals surface area contributed by atoms with Crippen molar-refractivity contribution in [3.8, 4) is 0 Å². The topological polar surface area (TPSA) is 32.3 Å². The number of aliphatic hydroxyl groups excluding tert-OH is 1. The Morgan fingerprint density at radius 2 is 1.86 bits per heavy atom. The maximum absolute atomic E-state index is 9.00. The van der Waals surface area contributed by atoms with Crippen LogP contribution in [0.3, 0.4) is 0 Å². The molecule has 2 nitrogen and oxygen atoms in total. The third kappa shape index (κ3) is 4.43. The Kier molecular flexibility index (Phi) is 6.38. The van der Waals surface area contributed by atoms with Crippen LogP contribution in [-0.4, -0.2) is 23.3 Å². The fourth-order valence-corrected chi connectivity index (χ4v) is 1.64. The van der Waals surface area contributed by atoms with Crippen molar-refractivity contribution < 1.29 is 5.11 Å². The van der Waals surface area contributed by atoms with Crippen LogP contribution in [0.15, 0.2) is 0 Å². The second-order valence-corrected chi connectivity index (χ2v) is 4.71. The van der Waals surface area contributed by atoms with Gasteiger partial charge in [-0.2, -0.15) is 0 Å². The van der Waals surface area contributed by atoms with Crippen LogP contribution in [0.5, 0.6) is 0 Å². The van der Waals surface area contributed by atoms with Gasteiger partial charge in [-0.05, 0) is 32.6 Å². The molecule has 0 aliphatic carbocycles. The Labute approximate surface area is 89.1 Å². The SMILES string of the molecule is CCC(C)C(C)NC(C)(CC)CCO. The highest BCUT2D eigenvalue weighted by Gasteiger charge is 2.24. The van der Waals surface area contributed by atoms with Gasteiger partial charge in [-0.25, -0.2) is 0 Å². The molecule has 0 heterocycles. The number of hydrogen-bond donors (Lipinski definition) is 2. The molecule has 0 aromatic rings. The molecule has 0 aromatic carbocycles. The molecule has 86 valence electrons. The third-order valence-electron chi connectivity index (χ3n) is 3.52. The summed E-state index contributed by atoms with van der Waals surface area (Å²) < 4.78 is 0. The Hall–Kier alpha value is -0.0800. The van der Waals surface area contributed by atoms with Crippen molar-refractivity contribution in [3.05, 3.63) is 0 Å². The highest BCUT2D eigenvalue weighted by atomic mass is 16.3. The number of hydrogen-bond acceptors (Lipinski definition) is 2. The average Bonchev–Trinajstić information content (AvgIpc) is 2.16. The van der Waals surface area contributed by atoms with E-state index in [1.54, 1.807) is 0 Å². The van der Waals surface area contributed by atoms with E-state index in [2.05, 4.69) is 39.9 Å². The molecule has 0 amide bonds. The smallest absolute Gasteiger partial charge is 0.0448 e. The molecule has 0 bridgehead atoms. The van der Waals surface area contributed by atoms with Crippen molar-refractivity contribution in [2.24, 2.45) is 5.92 Å². The lowest BCUT2D eigenvalue weighted by molar-refractivity contribution is 0.190. The van der Waals surface area contributed by atoms with E-state index in [0.29, 0.717) is 12.0 Å². The van der Waals surface area contributed by atoms with E-state index in [0.717, 1.165) is 12.8 Å². The van der Waals surface area contributed by atoms with E-state index in [1.165, 1.54) is 6.42 Å². The van der Waals surface area contributed by atoms with Crippen LogP contribution in [0.4, 0.5) is 0 Å². The zero-order valence-electron chi connectivity index (χ0n) is 10.4. The summed E-state index contributed by atoms with van der Waals surface area (Å²) in [6.45, 7) is 11.4. The van der Waals surface area contributed by atoms with Crippen molar-refractivity contribution in [2.45, 2.75) is 65.5 Å². The molecular weight excluding hydrogens is 174 g/mol. The largest absolute Gasteiger partial charge is 0.396 e. The van der Waals surface area contributed by atoms with E-state index < -0.39 is 0 Å². The maximum Gasteiger partial charge on any atom is 0.0448 e. The molecule has 2 heteroatoms. The van der Waals surface area contributed by atoms with E-state index in [1.807, 2.05) is 0 Å². The molecule has 0 saturated carbocycles. The minimum Gasteiger partial charge on any atom is -0.396 e. The van der Waals surface area contributed by atoms with Crippen molar-refractivity contribution >= 4 is 0 Å². The van der Waals surface area contributed by atoms with Gasteiger partial charge in [0.25, 0.3) is 0 Å². The van der Waals surface area contributed by atoms with Crippen LogP contribution in [0.25, 0.3) is 0 Å². The number of rotatable bonds is 7. The summed E-state index contributed by atoms with van der Waals surface area (Å²) in [7, 11) is 0. The Bertz CT molecular complexity index is 149. The second-order valence-electron chi connectivity index (χ2n) is 4.71. The minimum atomic E-state index is 0.0948. The van der Waals surface area contributed by atoms with Gasteiger partial charge in [-0.15, -0.1) is 0 Å². The van der Waals surface area contributed by atoms with E-state index in [9.17, 15) is 0 Å². The molecule has 0 spiro atoms. The second kappa shape index (κ2) is 6.41. The lowest BCUT2D eigenvalue weighted by Crippen LogP contribution is -2.49. The molecule has 0 rings (SSSR count). The van der Waals surface area contributed by atoms with Crippen LogP contribution in [0, 0.1) is 5.92 Å². The van der Waals surface area contributed by atoms with Crippen LogP contribution in [0.1, 0.15) is 53.9 Å². The fourth-order valence-electron chi connectivity index (χ4n) is 1.64. The molecule has 0 aromatic heterocycles. The van der Waals surface area contributed by atoms with Gasteiger partial charge < -0.3 is 10.4 Å². The number of nitrogens with one attached hydrogen (secondary N) is 1. The molecule has 0 aliphatic heterocycles. The quantitative estimate of drug-likeness (QED) is 0.663. The predicted octanol–water partition coefficient (Wildman–Crippen LogP) is 2.56. The van der Waals surface area contributed by atoms with Crippen LogP contribution >= 0.6 is 0 Å². The average molecular weight is 201 g/mol. The summed E-state index contributed by atoms with van der Waals surface area (Å²) >= 11 is 0. The fraction of sp³-hybridized carbons (Fsp3) is 1.00. The first-order chi connectivity index (χ1) is 6.49. The first kappa shape index (κ1) is 13.9. The van der Waals surface area contributed by atoms with Crippen molar-refractivity contribution in [3.63, 3.8) is 0 Å². The van der Waals surface area contributed by atoms with Gasteiger partial charge in [0.05, 0.1) is 0 Å². The monoisotopic (exact) mass is 201 g/mol. The summed E-state index contributed by atoms with van der Waals surface area (Å²) in [6.07, 6.45) is 3.10. The molecule has 0 saturated heterocycles. The molecule has 0 fully saturated rings. The lowest BCUT2D eigenvalue weighted by Gasteiger charge is -2.35. The van der Waals surface area contributed by atoms with Gasteiger partial charge in [-0.3, -0.25) is 0 Å². The molecular formula is C12H27NO. The van der Waals surface area contributed by atoms with Gasteiger partial charge >= 0.3 is 0 Å². The Balaban J connectivity index is 4.15. The van der Waals surface area contributed by atoms with Gasteiger partial charge in [0, 0.05) is 18.2 Å². The van der Waals surface area contributed by atoms with Gasteiger partial charge in [-0.1, -0.05) is 27.2 Å². The maximum atomic E-state index is 9.00. The zero-order chi connectivity index (χ0) is 11.2. The predicted molar refractivity (Wildman–Crippen MR) is 62.5 cm³/mol. The normalized spacial score (nSPS) is 20.1. The molecule has 3 atom stereocenters. The van der Waals surface area contributed by atoms with E-state index in [4.69, 9.17) is 5.11 Å². The first-order valence-corrected chi connectivity index (χ1v) is 5.87. The Morgan fingerprint density at radius 1 is 1.29 bits per heavy atom. The van der Waals surface area contributed by atoms with Crippen molar-refractivity contribution in [2.75, 3.05) is 6.61 Å². The Morgan fingerprint density at radius 3 is 2.21 bits per heavy atom. The molecule has 0 aliphatic rings. The van der Waals surface area contributed by atoms with Gasteiger partial charge in [0.1, 0.15) is 0 Å². The zero-order valence-corrected chi connectivity index (χ0v) is 10.4. The van der Waals surface area contributed by atoms with E-state index in [-0.39, 0.29) is 12.1 Å². The number of aliphatic hydroxyl groups is 1. The lowest BCUT2D eigenvalue weighted by atomic mass is 9.91. The van der Waals surface area contributed by atoms with Crippen molar-refractivity contribution in [1.29, 1.82) is 0 Å². The molecule has 14 heavy (non-hydrogen) atoms. The van der Waals surface area contributed by atoms with E-state index >= 15 is 0 Å². The molecule has 2 N–H and O–H groups in total. The van der Waals surface area contributed by atoms with Crippen LogP contribution in [0.2, 0.25) is 0 Å². The van der Waals surface area contributed by atoms with Crippen LogP contribution < -0.4 is 5.32 Å². The molecule has 3 unspecified atom stereocenters. The van der Waals surface area contributed by atoms with Gasteiger partial charge in [0.2, 0.25) is 0 Å². The standard InChI is InChI=1S/C12H27NO/c1-6-10(3)11(4)13-12(5,7-2)8-9-14/h10-11,13-14H,6-9H2,1-5H3. The summed E-state index contributed by atoms with van der Waals surface area (Å²) in [5, 5.41) is 12.6. The first-order valence-electron chi connectivity index (χ1n) is 5.87.